The minimum atomic E-state index is -0.789. The molecule has 0 heterocycles. The highest BCUT2D eigenvalue weighted by Gasteiger charge is 2.12. The average molecular weight is 247 g/mol. The Balaban J connectivity index is 2.43. The lowest BCUT2D eigenvalue weighted by molar-refractivity contribution is 0.509. The third-order valence-corrected chi connectivity index (χ3v) is 2.84. The van der Waals surface area contributed by atoms with Gasteiger partial charge in [0.2, 0.25) is 0 Å². The fourth-order valence-electron chi connectivity index (χ4n) is 1.89. The summed E-state index contributed by atoms with van der Waals surface area (Å²) in [6.07, 6.45) is 0.674. The molecule has 18 heavy (non-hydrogen) atoms. The van der Waals surface area contributed by atoms with Crippen LogP contribution in [0.5, 0.6) is 0 Å². The van der Waals surface area contributed by atoms with Crippen molar-refractivity contribution in [2.75, 3.05) is 13.6 Å². The van der Waals surface area contributed by atoms with Gasteiger partial charge in [-0.3, -0.25) is 0 Å². The number of hydrogen-bond acceptors (Lipinski definition) is 1. The van der Waals surface area contributed by atoms with Gasteiger partial charge in [0, 0.05) is 5.56 Å². The van der Waals surface area contributed by atoms with Gasteiger partial charge in [0.1, 0.15) is 0 Å². The van der Waals surface area contributed by atoms with E-state index in [0.29, 0.717) is 17.5 Å². The van der Waals surface area contributed by atoms with Crippen LogP contribution in [0.4, 0.5) is 8.78 Å². The van der Waals surface area contributed by atoms with Crippen LogP contribution in [-0.2, 0) is 6.42 Å². The highest BCUT2D eigenvalue weighted by atomic mass is 19.2. The molecule has 3 heteroatoms. The molecule has 0 bridgehead atoms. The first-order valence-corrected chi connectivity index (χ1v) is 5.90. The first-order chi connectivity index (χ1) is 8.72. The van der Waals surface area contributed by atoms with E-state index in [4.69, 9.17) is 0 Å². The van der Waals surface area contributed by atoms with Crippen LogP contribution in [-0.4, -0.2) is 13.6 Å². The molecule has 0 saturated heterocycles. The summed E-state index contributed by atoms with van der Waals surface area (Å²) in [6.45, 7) is 0.735. The van der Waals surface area contributed by atoms with E-state index < -0.39 is 11.6 Å². The number of rotatable bonds is 4. The van der Waals surface area contributed by atoms with Gasteiger partial charge in [-0.25, -0.2) is 8.78 Å². The van der Waals surface area contributed by atoms with Crippen molar-refractivity contribution in [1.29, 1.82) is 0 Å². The molecule has 0 aliphatic rings. The minimum absolute atomic E-state index is 0.321. The smallest absolute Gasteiger partial charge is 0.166 e. The van der Waals surface area contributed by atoms with E-state index in [1.807, 2.05) is 25.2 Å². The normalized spacial score (nSPS) is 10.6. The van der Waals surface area contributed by atoms with Gasteiger partial charge in [-0.1, -0.05) is 30.3 Å². The summed E-state index contributed by atoms with van der Waals surface area (Å²) in [5, 5.41) is 2.99. The van der Waals surface area contributed by atoms with Gasteiger partial charge in [0.25, 0.3) is 0 Å². The average Bonchev–Trinajstić information content (AvgIpc) is 2.41. The molecule has 0 radical (unpaired) electrons. The van der Waals surface area contributed by atoms with Crippen LogP contribution in [0.15, 0.2) is 42.5 Å². The Labute approximate surface area is 105 Å². The van der Waals surface area contributed by atoms with Gasteiger partial charge < -0.3 is 5.32 Å². The topological polar surface area (TPSA) is 12.0 Å². The van der Waals surface area contributed by atoms with Gasteiger partial charge >= 0.3 is 0 Å². The minimum Gasteiger partial charge on any atom is -0.319 e. The molecule has 2 aromatic carbocycles. The largest absolute Gasteiger partial charge is 0.319 e. The SMILES string of the molecule is CNCCc1cc(F)c(F)c(-c2ccccc2)c1. The van der Waals surface area contributed by atoms with Crippen LogP contribution < -0.4 is 5.32 Å². The Morgan fingerprint density at radius 1 is 1.06 bits per heavy atom. The lowest BCUT2D eigenvalue weighted by atomic mass is 10.0. The zero-order valence-corrected chi connectivity index (χ0v) is 10.2. The van der Waals surface area contributed by atoms with Crippen molar-refractivity contribution in [3.05, 3.63) is 59.7 Å². The van der Waals surface area contributed by atoms with Gasteiger partial charge in [-0.2, -0.15) is 0 Å². The van der Waals surface area contributed by atoms with Crippen LogP contribution in [0.1, 0.15) is 5.56 Å². The Morgan fingerprint density at radius 3 is 2.44 bits per heavy atom. The molecule has 2 aromatic rings. The molecule has 0 unspecified atom stereocenters. The maximum atomic E-state index is 13.8. The number of halogens is 2. The second-order valence-corrected chi connectivity index (χ2v) is 4.16. The van der Waals surface area contributed by atoms with Crippen molar-refractivity contribution in [1.82, 2.24) is 5.32 Å². The summed E-state index contributed by atoms with van der Waals surface area (Å²) >= 11 is 0. The first-order valence-electron chi connectivity index (χ1n) is 5.90. The van der Waals surface area contributed by atoms with E-state index >= 15 is 0 Å². The molecule has 0 aliphatic heterocycles. The molecule has 1 N–H and O–H groups in total. The van der Waals surface area contributed by atoms with Crippen LogP contribution >= 0.6 is 0 Å². The van der Waals surface area contributed by atoms with Crippen molar-refractivity contribution in [3.63, 3.8) is 0 Å². The number of nitrogens with one attached hydrogen (secondary N) is 1. The van der Waals surface area contributed by atoms with E-state index in [1.165, 1.54) is 6.07 Å². The van der Waals surface area contributed by atoms with Gasteiger partial charge in [0.05, 0.1) is 0 Å². The maximum Gasteiger partial charge on any atom is 0.166 e. The Bertz CT molecular complexity index is 524. The fraction of sp³-hybridized carbons (Fsp3) is 0.200. The second-order valence-electron chi connectivity index (χ2n) is 4.16. The fourth-order valence-corrected chi connectivity index (χ4v) is 1.89. The molecule has 94 valence electrons. The van der Waals surface area contributed by atoms with E-state index in [1.54, 1.807) is 18.2 Å². The van der Waals surface area contributed by atoms with Gasteiger partial charge in [0.15, 0.2) is 11.6 Å². The predicted molar refractivity (Wildman–Crippen MR) is 69.4 cm³/mol. The molecular weight excluding hydrogens is 232 g/mol. The summed E-state index contributed by atoms with van der Waals surface area (Å²) < 4.78 is 27.4. The molecule has 0 atom stereocenters. The van der Waals surface area contributed by atoms with Crippen molar-refractivity contribution in [2.24, 2.45) is 0 Å². The Morgan fingerprint density at radius 2 is 1.78 bits per heavy atom. The van der Waals surface area contributed by atoms with Gasteiger partial charge in [-0.05, 0) is 43.3 Å². The second kappa shape index (κ2) is 5.74. The van der Waals surface area contributed by atoms with E-state index in [9.17, 15) is 8.78 Å². The van der Waals surface area contributed by atoms with E-state index in [2.05, 4.69) is 5.32 Å². The number of hydrogen-bond donors (Lipinski definition) is 1. The molecular formula is C15H15F2N. The Kier molecular flexibility index (Phi) is 4.05. The first kappa shape index (κ1) is 12.7. The highest BCUT2D eigenvalue weighted by Crippen LogP contribution is 2.26. The molecule has 0 saturated carbocycles. The van der Waals surface area contributed by atoms with Crippen LogP contribution in [0.2, 0.25) is 0 Å². The summed E-state index contributed by atoms with van der Waals surface area (Å²) in [6, 6.07) is 12.0. The van der Waals surface area contributed by atoms with Gasteiger partial charge in [-0.15, -0.1) is 0 Å². The summed E-state index contributed by atoms with van der Waals surface area (Å²) in [5.41, 5.74) is 1.81. The summed E-state index contributed by atoms with van der Waals surface area (Å²) in [7, 11) is 1.83. The van der Waals surface area contributed by atoms with Crippen LogP contribution in [0, 0.1) is 11.6 Å². The third-order valence-electron chi connectivity index (χ3n) is 2.84. The molecule has 0 amide bonds. The monoisotopic (exact) mass is 247 g/mol. The predicted octanol–water partition coefficient (Wildman–Crippen LogP) is 3.39. The molecule has 0 aromatic heterocycles. The molecule has 0 spiro atoms. The maximum absolute atomic E-state index is 13.8. The van der Waals surface area contributed by atoms with Crippen molar-refractivity contribution >= 4 is 0 Å². The van der Waals surface area contributed by atoms with Crippen molar-refractivity contribution in [3.8, 4) is 11.1 Å². The molecule has 1 nitrogen and oxygen atoms in total. The zero-order chi connectivity index (χ0) is 13.0. The molecule has 0 fully saturated rings. The zero-order valence-electron chi connectivity index (χ0n) is 10.2. The van der Waals surface area contributed by atoms with Crippen molar-refractivity contribution in [2.45, 2.75) is 6.42 Å². The molecule has 2 rings (SSSR count). The van der Waals surface area contributed by atoms with Crippen LogP contribution in [0.3, 0.4) is 0 Å². The third kappa shape index (κ3) is 2.74. The molecule has 0 aliphatic carbocycles. The summed E-state index contributed by atoms with van der Waals surface area (Å²) in [4.78, 5) is 0. The van der Waals surface area contributed by atoms with E-state index in [-0.39, 0.29) is 0 Å². The lowest BCUT2D eigenvalue weighted by Gasteiger charge is -2.08. The lowest BCUT2D eigenvalue weighted by Crippen LogP contribution is -2.10. The standard InChI is InChI=1S/C15H15F2N/c1-18-8-7-11-9-13(15(17)14(16)10-11)12-5-3-2-4-6-12/h2-6,9-10,18H,7-8H2,1H3. The number of benzene rings is 2. The summed E-state index contributed by atoms with van der Waals surface area (Å²) in [5.74, 6) is -1.57. The highest BCUT2D eigenvalue weighted by molar-refractivity contribution is 5.65. The van der Waals surface area contributed by atoms with E-state index in [0.717, 1.165) is 12.1 Å². The quantitative estimate of drug-likeness (QED) is 0.873. The van der Waals surface area contributed by atoms with Crippen molar-refractivity contribution < 1.29 is 8.78 Å². The van der Waals surface area contributed by atoms with Crippen LogP contribution in [0.25, 0.3) is 11.1 Å². The number of likely N-dealkylation sites (N-methyl/N-ethyl adjacent to an activating group) is 1. The Hall–Kier alpha value is -1.74.